The zero-order valence-electron chi connectivity index (χ0n) is 22.7. The number of likely N-dealkylation sites (tertiary alicyclic amines) is 1. The number of rotatable bonds is 7. The van der Waals surface area contributed by atoms with E-state index < -0.39 is 58.7 Å². The number of nitrogens with one attached hydrogen (secondary N) is 2. The fraction of sp³-hybridized carbons (Fsp3) is 0.810. The van der Waals surface area contributed by atoms with Crippen LogP contribution in [0.4, 0.5) is 31.1 Å². The van der Waals surface area contributed by atoms with Gasteiger partial charge in [-0.3, -0.25) is 19.1 Å². The van der Waals surface area contributed by atoms with Crippen molar-refractivity contribution in [3.63, 3.8) is 0 Å². The Kier molecular flexibility index (Phi) is 13.0. The number of alkyl halides is 6. The summed E-state index contributed by atoms with van der Waals surface area (Å²) in [4.78, 5) is 51.9. The minimum atomic E-state index is -5.08. The van der Waals surface area contributed by atoms with Crippen LogP contribution in [0.1, 0.15) is 38.5 Å². The molecule has 4 rings (SSSR count). The normalized spacial score (nSPS) is 25.8. The summed E-state index contributed by atoms with van der Waals surface area (Å²) in [6.07, 6.45) is -4.69. The third-order valence-corrected chi connectivity index (χ3v) is 7.20. The summed E-state index contributed by atoms with van der Waals surface area (Å²) in [7, 11) is -4.81. The van der Waals surface area contributed by atoms with Crippen LogP contribution in [0.5, 0.6) is 0 Å². The number of fused-ring (bicyclic) bond motifs is 2. The van der Waals surface area contributed by atoms with Gasteiger partial charge in [0.05, 0.1) is 12.6 Å². The van der Waals surface area contributed by atoms with E-state index in [-0.39, 0.29) is 12.6 Å². The maximum Gasteiger partial charge on any atom is 0.490 e. The maximum absolute atomic E-state index is 12.5. The average molecular weight is 676 g/mol. The van der Waals surface area contributed by atoms with Gasteiger partial charge in [-0.2, -0.15) is 39.8 Å². The van der Waals surface area contributed by atoms with Crippen molar-refractivity contribution < 1.29 is 77.8 Å². The number of carboxylic acids is 2. The molecule has 0 spiro atoms. The second-order valence-electron chi connectivity index (χ2n) is 9.98. The van der Waals surface area contributed by atoms with Crippen LogP contribution < -0.4 is 10.8 Å². The maximum atomic E-state index is 12.5. The Morgan fingerprint density at radius 2 is 1.50 bits per heavy atom. The molecule has 4 atom stereocenters. The Morgan fingerprint density at radius 1 is 0.955 bits per heavy atom. The number of hydrogen-bond donors (Lipinski definition) is 5. The SMILES string of the molecule is O=C(NOC[C@@H]1C[C@@H](N2CCCCC2)CN1)[C@@H]1CC[C@@H]2CN1C(=O)N2OS(=O)(=O)O.O=C(O)C(F)(F)F.O=C(O)C(F)(F)F. The molecule has 23 heteroatoms. The predicted molar refractivity (Wildman–Crippen MR) is 130 cm³/mol. The standard InChI is InChI=1S/C17H29N5O7S.2C2HF3O2/c23-16(15-5-4-13-10-21(15)17(24)22(13)29-30(25,26)27)19-28-11-12-8-14(9-18-12)20-6-2-1-3-7-20;2*3-2(4,5)1(6)7/h12-15,18H,1-11H2,(H,19,23)(H,25,26,27);2*(H,6,7)/t12-,13+,14+,15-;;/m0../s1. The Labute approximate surface area is 246 Å². The van der Waals surface area contributed by atoms with Gasteiger partial charge in [0.2, 0.25) is 0 Å². The van der Waals surface area contributed by atoms with Gasteiger partial charge >= 0.3 is 40.7 Å². The first-order valence-electron chi connectivity index (χ1n) is 13.0. The molecule has 4 fully saturated rings. The average Bonchev–Trinajstić information content (AvgIpc) is 3.47. The van der Waals surface area contributed by atoms with E-state index in [2.05, 4.69) is 20.0 Å². The summed E-state index contributed by atoms with van der Waals surface area (Å²) < 4.78 is 98.6. The van der Waals surface area contributed by atoms with Crippen LogP contribution in [-0.2, 0) is 33.9 Å². The monoisotopic (exact) mass is 675 g/mol. The van der Waals surface area contributed by atoms with Crippen molar-refractivity contribution in [1.29, 1.82) is 0 Å². The highest BCUT2D eigenvalue weighted by Crippen LogP contribution is 2.30. The summed E-state index contributed by atoms with van der Waals surface area (Å²) in [5, 5.41) is 18.3. The lowest BCUT2D eigenvalue weighted by Gasteiger charge is -2.31. The van der Waals surface area contributed by atoms with Crippen LogP contribution >= 0.6 is 0 Å². The van der Waals surface area contributed by atoms with Gasteiger partial charge in [0.15, 0.2) is 0 Å². The van der Waals surface area contributed by atoms with Crippen molar-refractivity contribution >= 4 is 34.3 Å². The van der Waals surface area contributed by atoms with Crippen molar-refractivity contribution in [2.45, 2.75) is 75.0 Å². The summed E-state index contributed by atoms with van der Waals surface area (Å²) >= 11 is 0. The molecule has 5 N–H and O–H groups in total. The van der Waals surface area contributed by atoms with Crippen molar-refractivity contribution in [2.24, 2.45) is 0 Å². The van der Waals surface area contributed by atoms with Crippen molar-refractivity contribution in [2.75, 3.05) is 32.8 Å². The summed E-state index contributed by atoms with van der Waals surface area (Å²) in [5.74, 6) is -5.97. The van der Waals surface area contributed by atoms with E-state index in [1.165, 1.54) is 24.2 Å². The Morgan fingerprint density at radius 3 is 2.00 bits per heavy atom. The Balaban J connectivity index is 0.000000402. The molecule has 16 nitrogen and oxygen atoms in total. The molecular formula is C21H31F6N5O11S. The summed E-state index contributed by atoms with van der Waals surface area (Å²) in [5.41, 5.74) is 2.43. The van der Waals surface area contributed by atoms with Gasteiger partial charge in [0.1, 0.15) is 6.04 Å². The molecule has 4 aliphatic rings. The van der Waals surface area contributed by atoms with E-state index in [0.29, 0.717) is 30.6 Å². The third kappa shape index (κ3) is 11.5. The molecule has 0 aromatic heterocycles. The highest BCUT2D eigenvalue weighted by molar-refractivity contribution is 7.80. The van der Waals surface area contributed by atoms with E-state index in [9.17, 15) is 44.3 Å². The molecule has 0 unspecified atom stereocenters. The smallest absolute Gasteiger partial charge is 0.475 e. The Bertz CT molecular complexity index is 1110. The lowest BCUT2D eigenvalue weighted by molar-refractivity contribution is -0.193. The topological polar surface area (TPSA) is 215 Å². The van der Waals surface area contributed by atoms with Crippen molar-refractivity contribution in [1.82, 2.24) is 25.7 Å². The van der Waals surface area contributed by atoms with Gasteiger partial charge in [-0.1, -0.05) is 6.42 Å². The quantitative estimate of drug-likeness (QED) is 0.142. The van der Waals surface area contributed by atoms with Gasteiger partial charge in [-0.25, -0.2) is 19.9 Å². The number of nitrogens with zero attached hydrogens (tertiary/aromatic N) is 3. The van der Waals surface area contributed by atoms with Gasteiger partial charge < -0.3 is 20.4 Å². The molecule has 2 bridgehead atoms. The molecule has 4 heterocycles. The molecular weight excluding hydrogens is 644 g/mol. The van der Waals surface area contributed by atoms with Gasteiger partial charge in [0.25, 0.3) is 5.91 Å². The lowest BCUT2D eigenvalue weighted by Crippen LogP contribution is -2.50. The number of carbonyl (C=O) groups is 4. The van der Waals surface area contributed by atoms with Gasteiger partial charge in [-0.15, -0.1) is 4.28 Å². The number of hydrogen-bond acceptors (Lipinski definition) is 10. The van der Waals surface area contributed by atoms with Crippen molar-refractivity contribution in [3.05, 3.63) is 0 Å². The number of piperidine rings is 2. The van der Waals surface area contributed by atoms with Crippen LogP contribution in [0.15, 0.2) is 0 Å². The molecule has 0 aromatic rings. The summed E-state index contributed by atoms with van der Waals surface area (Å²) in [6, 6.07) is -1.42. The van der Waals surface area contributed by atoms with E-state index in [1.807, 2.05) is 0 Å². The second kappa shape index (κ2) is 15.3. The number of amides is 3. The largest absolute Gasteiger partial charge is 0.490 e. The van der Waals surface area contributed by atoms with Crippen LogP contribution in [0.25, 0.3) is 0 Å². The Hall–Kier alpha value is -2.99. The van der Waals surface area contributed by atoms with Crippen LogP contribution in [-0.4, -0.2) is 131 Å². The fourth-order valence-electron chi connectivity index (χ4n) is 4.87. The first-order chi connectivity index (χ1) is 20.2. The lowest BCUT2D eigenvalue weighted by atomic mass is 10.0. The minimum absolute atomic E-state index is 0.147. The van der Waals surface area contributed by atoms with E-state index in [1.54, 1.807) is 0 Å². The van der Waals surface area contributed by atoms with Gasteiger partial charge in [0, 0.05) is 25.2 Å². The molecule has 4 saturated heterocycles. The molecule has 254 valence electrons. The van der Waals surface area contributed by atoms with Crippen LogP contribution in [0.3, 0.4) is 0 Å². The van der Waals surface area contributed by atoms with E-state index >= 15 is 0 Å². The summed E-state index contributed by atoms with van der Waals surface area (Å²) in [6.45, 7) is 3.67. The highest BCUT2D eigenvalue weighted by atomic mass is 32.3. The van der Waals surface area contributed by atoms with Gasteiger partial charge in [-0.05, 0) is 45.2 Å². The first-order valence-corrected chi connectivity index (χ1v) is 14.3. The third-order valence-electron chi connectivity index (χ3n) is 6.85. The molecule has 0 radical (unpaired) electrons. The molecule has 44 heavy (non-hydrogen) atoms. The number of carboxylic acid groups (broad SMARTS) is 2. The molecule has 3 amide bonds. The van der Waals surface area contributed by atoms with Crippen LogP contribution in [0, 0.1) is 0 Å². The zero-order chi connectivity index (χ0) is 33.5. The van der Waals surface area contributed by atoms with Crippen LogP contribution in [0.2, 0.25) is 0 Å². The molecule has 0 aliphatic carbocycles. The molecule has 0 saturated carbocycles. The number of urea groups is 1. The molecule has 4 aliphatic heterocycles. The van der Waals surface area contributed by atoms with E-state index in [4.69, 9.17) is 29.2 Å². The van der Waals surface area contributed by atoms with Crippen molar-refractivity contribution in [3.8, 4) is 0 Å². The number of aliphatic carboxylic acids is 2. The fourth-order valence-corrected chi connectivity index (χ4v) is 5.26. The number of halogens is 6. The highest BCUT2D eigenvalue weighted by Gasteiger charge is 2.49. The second-order valence-corrected chi connectivity index (χ2v) is 11.0. The number of carbonyl (C=O) groups excluding carboxylic acids is 2. The number of hydroxylamine groups is 3. The first kappa shape index (κ1) is 37.2. The minimum Gasteiger partial charge on any atom is -0.475 e. The zero-order valence-corrected chi connectivity index (χ0v) is 23.5. The molecule has 0 aromatic carbocycles. The van der Waals surface area contributed by atoms with E-state index in [0.717, 1.165) is 26.1 Å². The predicted octanol–water partition coefficient (Wildman–Crippen LogP) is 0.520.